The molecular formula is C32H54O4. The number of esters is 2. The number of carbonyl (C=O) groups excluding carboxylic acids is 2. The van der Waals surface area contributed by atoms with Crippen molar-refractivity contribution >= 4 is 11.9 Å². The van der Waals surface area contributed by atoms with Gasteiger partial charge in [-0.1, -0.05) is 92.2 Å². The van der Waals surface area contributed by atoms with Gasteiger partial charge in [-0.25, -0.2) is 9.59 Å². The first-order valence-electron chi connectivity index (χ1n) is 14.8. The van der Waals surface area contributed by atoms with Gasteiger partial charge in [0.2, 0.25) is 0 Å². The number of hydrogen-bond donors (Lipinski definition) is 0. The molecule has 36 heavy (non-hydrogen) atoms. The van der Waals surface area contributed by atoms with Crippen LogP contribution in [0.25, 0.3) is 0 Å². The molecule has 1 aromatic carbocycles. The molecule has 0 saturated carbocycles. The highest BCUT2D eigenvalue weighted by molar-refractivity contribution is 6.03. The van der Waals surface area contributed by atoms with E-state index in [0.29, 0.717) is 23.0 Å². The first-order valence-corrected chi connectivity index (χ1v) is 14.8. The lowest BCUT2D eigenvalue weighted by atomic mass is 10.00. The average Bonchev–Trinajstić information content (AvgIpc) is 2.85. The standard InChI is InChI=1S/C32H54O4/c1-7-9-11-13-17-27(23-21-25(3)4)35-31(33)29-19-15-16-20-30(29)32(34)36-28(24-22-26(5)6)18-14-12-10-8-2/h15-16,19-20,25-28H,7-14,17-18,21-24H2,1-6H3. The minimum atomic E-state index is -0.409. The maximum absolute atomic E-state index is 13.2. The summed E-state index contributed by atoms with van der Waals surface area (Å²) < 4.78 is 12.0. The van der Waals surface area contributed by atoms with Crippen molar-refractivity contribution in [2.75, 3.05) is 0 Å². The second kappa shape index (κ2) is 19.3. The van der Waals surface area contributed by atoms with Crippen molar-refractivity contribution in [1.82, 2.24) is 0 Å². The lowest BCUT2D eigenvalue weighted by Gasteiger charge is -2.21. The van der Waals surface area contributed by atoms with E-state index < -0.39 is 11.9 Å². The van der Waals surface area contributed by atoms with Crippen molar-refractivity contribution in [2.45, 2.75) is 144 Å². The van der Waals surface area contributed by atoms with Crippen molar-refractivity contribution in [2.24, 2.45) is 11.8 Å². The zero-order chi connectivity index (χ0) is 26.8. The summed E-state index contributed by atoms with van der Waals surface area (Å²) in [5.74, 6) is 0.301. The highest BCUT2D eigenvalue weighted by Gasteiger charge is 2.24. The summed E-state index contributed by atoms with van der Waals surface area (Å²) in [6.45, 7) is 13.2. The summed E-state index contributed by atoms with van der Waals surface area (Å²) in [4.78, 5) is 26.5. The number of rotatable bonds is 20. The van der Waals surface area contributed by atoms with Gasteiger partial charge in [-0.05, 0) is 75.3 Å². The molecule has 0 aromatic heterocycles. The van der Waals surface area contributed by atoms with E-state index in [1.54, 1.807) is 24.3 Å². The van der Waals surface area contributed by atoms with E-state index in [1.165, 1.54) is 25.7 Å². The van der Waals surface area contributed by atoms with Crippen molar-refractivity contribution in [3.63, 3.8) is 0 Å². The normalized spacial score (nSPS) is 13.1. The van der Waals surface area contributed by atoms with E-state index in [-0.39, 0.29) is 12.2 Å². The molecule has 1 rings (SSSR count). The molecule has 2 atom stereocenters. The van der Waals surface area contributed by atoms with Crippen LogP contribution < -0.4 is 0 Å². The maximum Gasteiger partial charge on any atom is 0.339 e. The van der Waals surface area contributed by atoms with Crippen molar-refractivity contribution in [3.8, 4) is 0 Å². The Morgan fingerprint density at radius 2 is 0.972 bits per heavy atom. The monoisotopic (exact) mass is 502 g/mol. The number of hydrogen-bond acceptors (Lipinski definition) is 4. The predicted octanol–water partition coefficient (Wildman–Crippen LogP) is 9.55. The van der Waals surface area contributed by atoms with Gasteiger partial charge in [0.15, 0.2) is 0 Å². The Kier molecular flexibility index (Phi) is 17.3. The molecule has 0 aliphatic heterocycles. The SMILES string of the molecule is CCCCCCC(CCC(C)C)OC(=O)c1ccccc1C(=O)OC(CCCCCC)CCC(C)C. The molecule has 0 spiro atoms. The van der Waals surface area contributed by atoms with E-state index >= 15 is 0 Å². The Hall–Kier alpha value is -1.84. The quantitative estimate of drug-likeness (QED) is 0.132. The molecule has 4 nitrogen and oxygen atoms in total. The highest BCUT2D eigenvalue weighted by atomic mass is 16.5. The largest absolute Gasteiger partial charge is 0.459 e. The first-order chi connectivity index (χ1) is 17.3. The average molecular weight is 503 g/mol. The Morgan fingerprint density at radius 3 is 1.31 bits per heavy atom. The van der Waals surface area contributed by atoms with Gasteiger partial charge >= 0.3 is 11.9 Å². The first kappa shape index (κ1) is 32.2. The third-order valence-electron chi connectivity index (χ3n) is 6.81. The van der Waals surface area contributed by atoms with Gasteiger partial charge in [-0.3, -0.25) is 0 Å². The van der Waals surface area contributed by atoms with Gasteiger partial charge in [0.1, 0.15) is 12.2 Å². The van der Waals surface area contributed by atoms with Crippen LogP contribution in [-0.2, 0) is 9.47 Å². The zero-order valence-corrected chi connectivity index (χ0v) is 24.2. The van der Waals surface area contributed by atoms with Gasteiger partial charge in [-0.2, -0.15) is 0 Å². The van der Waals surface area contributed by atoms with Crippen molar-refractivity contribution in [1.29, 1.82) is 0 Å². The number of benzene rings is 1. The molecule has 1 aromatic rings. The Labute approximate surface area is 221 Å². The molecule has 0 radical (unpaired) electrons. The van der Waals surface area contributed by atoms with E-state index in [9.17, 15) is 9.59 Å². The Bertz CT molecular complexity index is 664. The van der Waals surface area contributed by atoms with Gasteiger partial charge in [0, 0.05) is 0 Å². The van der Waals surface area contributed by atoms with E-state index in [2.05, 4.69) is 41.5 Å². The summed E-state index contributed by atoms with van der Waals surface area (Å²) in [5.41, 5.74) is 0.637. The lowest BCUT2D eigenvalue weighted by molar-refractivity contribution is 0.0195. The third kappa shape index (κ3) is 14.0. The van der Waals surface area contributed by atoms with Crippen LogP contribution in [0.5, 0.6) is 0 Å². The lowest BCUT2D eigenvalue weighted by Crippen LogP contribution is -2.23. The fourth-order valence-corrected chi connectivity index (χ4v) is 4.43. The molecule has 0 saturated heterocycles. The Balaban J connectivity index is 2.90. The fourth-order valence-electron chi connectivity index (χ4n) is 4.43. The summed E-state index contributed by atoms with van der Waals surface area (Å²) in [7, 11) is 0. The number of ether oxygens (including phenoxy) is 2. The Morgan fingerprint density at radius 1 is 0.583 bits per heavy atom. The topological polar surface area (TPSA) is 52.6 Å². The summed E-state index contributed by atoms with van der Waals surface area (Å²) >= 11 is 0. The van der Waals surface area contributed by atoms with Crippen LogP contribution in [0.15, 0.2) is 24.3 Å². The molecular weight excluding hydrogens is 448 g/mol. The van der Waals surface area contributed by atoms with Gasteiger partial charge in [0.05, 0.1) is 11.1 Å². The van der Waals surface area contributed by atoms with Crippen LogP contribution in [-0.4, -0.2) is 24.1 Å². The molecule has 0 amide bonds. The molecule has 2 unspecified atom stereocenters. The fraction of sp³-hybridized carbons (Fsp3) is 0.750. The second-order valence-corrected chi connectivity index (χ2v) is 11.2. The van der Waals surface area contributed by atoms with Crippen molar-refractivity contribution < 1.29 is 19.1 Å². The molecule has 0 bridgehead atoms. The van der Waals surface area contributed by atoms with Gasteiger partial charge < -0.3 is 9.47 Å². The molecule has 0 aliphatic rings. The predicted molar refractivity (Wildman–Crippen MR) is 151 cm³/mol. The molecule has 206 valence electrons. The van der Waals surface area contributed by atoms with Gasteiger partial charge in [0.25, 0.3) is 0 Å². The molecule has 0 aliphatic carbocycles. The molecule has 0 fully saturated rings. The number of unbranched alkanes of at least 4 members (excludes halogenated alkanes) is 6. The number of carbonyl (C=O) groups is 2. The second-order valence-electron chi connectivity index (χ2n) is 11.2. The molecule has 0 N–H and O–H groups in total. The molecule has 4 heteroatoms. The van der Waals surface area contributed by atoms with Crippen LogP contribution >= 0.6 is 0 Å². The van der Waals surface area contributed by atoms with Crippen LogP contribution in [0.4, 0.5) is 0 Å². The van der Waals surface area contributed by atoms with E-state index in [0.717, 1.165) is 64.2 Å². The summed E-state index contributed by atoms with van der Waals surface area (Å²) in [6, 6.07) is 6.97. The van der Waals surface area contributed by atoms with Crippen LogP contribution in [0, 0.1) is 11.8 Å². The highest BCUT2D eigenvalue weighted by Crippen LogP contribution is 2.22. The minimum absolute atomic E-state index is 0.113. The van der Waals surface area contributed by atoms with E-state index in [4.69, 9.17) is 9.47 Å². The summed E-state index contributed by atoms with van der Waals surface area (Å²) in [6.07, 6.45) is 14.5. The summed E-state index contributed by atoms with van der Waals surface area (Å²) in [5, 5.41) is 0. The van der Waals surface area contributed by atoms with E-state index in [1.807, 2.05) is 0 Å². The van der Waals surface area contributed by atoms with Crippen LogP contribution in [0.3, 0.4) is 0 Å². The third-order valence-corrected chi connectivity index (χ3v) is 6.81. The minimum Gasteiger partial charge on any atom is -0.459 e. The maximum atomic E-state index is 13.2. The van der Waals surface area contributed by atoms with Crippen LogP contribution in [0.1, 0.15) is 152 Å². The smallest absolute Gasteiger partial charge is 0.339 e. The molecule has 0 heterocycles. The van der Waals surface area contributed by atoms with Crippen molar-refractivity contribution in [3.05, 3.63) is 35.4 Å². The van der Waals surface area contributed by atoms with Gasteiger partial charge in [-0.15, -0.1) is 0 Å². The van der Waals surface area contributed by atoms with Crippen LogP contribution in [0.2, 0.25) is 0 Å². The zero-order valence-electron chi connectivity index (χ0n) is 24.2.